The van der Waals surface area contributed by atoms with Crippen molar-refractivity contribution >= 4 is 29.0 Å². The summed E-state index contributed by atoms with van der Waals surface area (Å²) in [4.78, 5) is 26.2. The summed E-state index contributed by atoms with van der Waals surface area (Å²) in [5, 5.41) is -0.0487. The molecule has 3 rings (SSSR count). The predicted molar refractivity (Wildman–Crippen MR) is 95.5 cm³/mol. The highest BCUT2D eigenvalue weighted by molar-refractivity contribution is 6.55. The Bertz CT molecular complexity index is 887. The van der Waals surface area contributed by atoms with Crippen molar-refractivity contribution in [2.24, 2.45) is 0 Å². The average Bonchev–Trinajstić information content (AvgIpc) is 2.80. The van der Waals surface area contributed by atoms with Crippen LogP contribution in [0.2, 0.25) is 0 Å². The van der Waals surface area contributed by atoms with Crippen LogP contribution in [0.25, 0.3) is 5.57 Å². The Balaban J connectivity index is 1.81. The summed E-state index contributed by atoms with van der Waals surface area (Å²) in [7, 11) is 0. The molecule has 0 fully saturated rings. The number of halogens is 2. The highest BCUT2D eigenvalue weighted by Gasteiger charge is 2.37. The summed E-state index contributed by atoms with van der Waals surface area (Å²) in [6.07, 6.45) is 0.447. The first-order valence-corrected chi connectivity index (χ1v) is 8.34. The molecular formula is C20H17ClFNO2. The van der Waals surface area contributed by atoms with Gasteiger partial charge >= 0.3 is 0 Å². The third-order valence-electron chi connectivity index (χ3n) is 4.44. The minimum absolute atomic E-state index is 0.0487. The van der Waals surface area contributed by atoms with Crippen LogP contribution in [0.5, 0.6) is 0 Å². The zero-order chi connectivity index (χ0) is 18.1. The van der Waals surface area contributed by atoms with E-state index in [9.17, 15) is 14.0 Å². The third-order valence-corrected chi connectivity index (χ3v) is 4.80. The molecule has 2 aromatic rings. The summed E-state index contributed by atoms with van der Waals surface area (Å²) in [5.41, 5.74) is 3.87. The largest absolute Gasteiger partial charge is 0.273 e. The van der Waals surface area contributed by atoms with E-state index in [1.54, 1.807) is 18.2 Å². The van der Waals surface area contributed by atoms with Gasteiger partial charge in [0.15, 0.2) is 0 Å². The van der Waals surface area contributed by atoms with Gasteiger partial charge in [-0.15, -0.1) is 0 Å². The molecule has 0 aliphatic carbocycles. The molecule has 3 nitrogen and oxygen atoms in total. The maximum absolute atomic E-state index is 13.0. The maximum atomic E-state index is 13.0. The number of amides is 2. The molecule has 2 amide bonds. The van der Waals surface area contributed by atoms with E-state index in [2.05, 4.69) is 0 Å². The molecule has 0 aromatic heterocycles. The molecule has 1 aliphatic rings. The monoisotopic (exact) mass is 357 g/mol. The van der Waals surface area contributed by atoms with E-state index in [0.717, 1.165) is 21.6 Å². The highest BCUT2D eigenvalue weighted by atomic mass is 35.5. The van der Waals surface area contributed by atoms with Crippen LogP contribution in [0, 0.1) is 19.7 Å². The van der Waals surface area contributed by atoms with Gasteiger partial charge in [-0.1, -0.05) is 41.9 Å². The maximum Gasteiger partial charge on any atom is 0.273 e. The van der Waals surface area contributed by atoms with Crippen molar-refractivity contribution in [1.29, 1.82) is 0 Å². The number of hydrogen-bond donors (Lipinski definition) is 0. The Morgan fingerprint density at radius 1 is 0.960 bits per heavy atom. The summed E-state index contributed by atoms with van der Waals surface area (Å²) in [5.74, 6) is -1.19. The minimum Gasteiger partial charge on any atom is -0.273 e. The number of imide groups is 1. The summed E-state index contributed by atoms with van der Waals surface area (Å²) >= 11 is 6.17. The molecule has 1 aliphatic heterocycles. The van der Waals surface area contributed by atoms with Gasteiger partial charge in [0.05, 0.1) is 5.57 Å². The summed E-state index contributed by atoms with van der Waals surface area (Å²) in [6, 6.07) is 11.6. The van der Waals surface area contributed by atoms with Crippen molar-refractivity contribution in [3.63, 3.8) is 0 Å². The lowest BCUT2D eigenvalue weighted by atomic mass is 10.0. The first-order valence-electron chi connectivity index (χ1n) is 7.96. The van der Waals surface area contributed by atoms with Gasteiger partial charge in [0, 0.05) is 6.54 Å². The molecule has 1 heterocycles. The van der Waals surface area contributed by atoms with Crippen LogP contribution in [0.4, 0.5) is 4.39 Å². The van der Waals surface area contributed by atoms with Gasteiger partial charge in [-0.25, -0.2) is 4.39 Å². The van der Waals surface area contributed by atoms with Crippen LogP contribution < -0.4 is 0 Å². The van der Waals surface area contributed by atoms with Gasteiger partial charge in [0.2, 0.25) is 0 Å². The van der Waals surface area contributed by atoms with Crippen molar-refractivity contribution in [2.45, 2.75) is 20.3 Å². The molecule has 0 saturated heterocycles. The number of rotatable bonds is 4. The quantitative estimate of drug-likeness (QED) is 0.775. The molecule has 0 spiro atoms. The van der Waals surface area contributed by atoms with Gasteiger partial charge in [-0.3, -0.25) is 14.5 Å². The fraction of sp³-hybridized carbons (Fsp3) is 0.200. The van der Waals surface area contributed by atoms with Gasteiger partial charge in [-0.05, 0) is 54.7 Å². The molecule has 5 heteroatoms. The van der Waals surface area contributed by atoms with E-state index in [0.29, 0.717) is 12.0 Å². The molecule has 0 bridgehead atoms. The van der Waals surface area contributed by atoms with Gasteiger partial charge in [0.25, 0.3) is 11.8 Å². The number of benzene rings is 2. The molecule has 128 valence electrons. The van der Waals surface area contributed by atoms with Gasteiger partial charge in [-0.2, -0.15) is 0 Å². The highest BCUT2D eigenvalue weighted by Crippen LogP contribution is 2.32. The van der Waals surface area contributed by atoms with Crippen molar-refractivity contribution in [3.8, 4) is 0 Å². The van der Waals surface area contributed by atoms with Crippen LogP contribution in [-0.2, 0) is 16.0 Å². The number of hydrogen-bond acceptors (Lipinski definition) is 2. The van der Waals surface area contributed by atoms with Gasteiger partial charge in [0.1, 0.15) is 10.8 Å². The van der Waals surface area contributed by atoms with E-state index in [1.165, 1.54) is 12.1 Å². The van der Waals surface area contributed by atoms with Crippen molar-refractivity contribution < 1.29 is 14.0 Å². The fourth-order valence-electron chi connectivity index (χ4n) is 2.79. The lowest BCUT2D eigenvalue weighted by molar-refractivity contribution is -0.136. The fourth-order valence-corrected chi connectivity index (χ4v) is 3.08. The number of carbonyl (C=O) groups excluding carboxylic acids is 2. The molecule has 25 heavy (non-hydrogen) atoms. The Hall–Kier alpha value is -2.46. The molecule has 0 saturated carbocycles. The van der Waals surface area contributed by atoms with Crippen LogP contribution in [0.1, 0.15) is 22.3 Å². The third kappa shape index (κ3) is 3.35. The Morgan fingerprint density at radius 3 is 2.28 bits per heavy atom. The van der Waals surface area contributed by atoms with E-state index in [-0.39, 0.29) is 28.9 Å². The van der Waals surface area contributed by atoms with Crippen LogP contribution >= 0.6 is 11.6 Å². The zero-order valence-corrected chi connectivity index (χ0v) is 14.7. The second-order valence-corrected chi connectivity index (χ2v) is 6.50. The zero-order valence-electron chi connectivity index (χ0n) is 14.0. The average molecular weight is 358 g/mol. The second kappa shape index (κ2) is 6.81. The van der Waals surface area contributed by atoms with Crippen LogP contribution in [0.3, 0.4) is 0 Å². The summed E-state index contributed by atoms with van der Waals surface area (Å²) < 4.78 is 13.0. The minimum atomic E-state index is -0.484. The van der Waals surface area contributed by atoms with E-state index < -0.39 is 5.91 Å². The van der Waals surface area contributed by atoms with E-state index in [1.807, 2.05) is 26.0 Å². The number of carbonyl (C=O) groups is 2. The first kappa shape index (κ1) is 17.4. The molecular weight excluding hydrogens is 341 g/mol. The molecule has 0 atom stereocenters. The second-order valence-electron chi connectivity index (χ2n) is 6.13. The van der Waals surface area contributed by atoms with E-state index >= 15 is 0 Å². The smallest absolute Gasteiger partial charge is 0.273 e. The van der Waals surface area contributed by atoms with E-state index in [4.69, 9.17) is 11.6 Å². The standard InChI is InChI=1S/C20H17ClFNO2/c1-12-3-6-15(11-13(12)2)17-18(21)20(25)23(19(17)24)10-9-14-4-7-16(22)8-5-14/h3-8,11H,9-10H2,1-2H3. The Morgan fingerprint density at radius 2 is 1.64 bits per heavy atom. The number of aryl methyl sites for hydroxylation is 2. The normalized spacial score (nSPS) is 14.6. The Labute approximate surface area is 150 Å². The lowest BCUT2D eigenvalue weighted by Crippen LogP contribution is -2.33. The summed E-state index contributed by atoms with van der Waals surface area (Å²) in [6.45, 7) is 4.13. The Kier molecular flexibility index (Phi) is 4.73. The van der Waals surface area contributed by atoms with Crippen LogP contribution in [-0.4, -0.2) is 23.3 Å². The van der Waals surface area contributed by atoms with Gasteiger partial charge < -0.3 is 0 Å². The van der Waals surface area contributed by atoms with Crippen LogP contribution in [0.15, 0.2) is 47.5 Å². The van der Waals surface area contributed by atoms with Crippen molar-refractivity contribution in [2.75, 3.05) is 6.54 Å². The SMILES string of the molecule is Cc1ccc(C2=C(Cl)C(=O)N(CCc3ccc(F)cc3)C2=O)cc1C. The molecule has 2 aromatic carbocycles. The lowest BCUT2D eigenvalue weighted by Gasteiger charge is -2.15. The molecule has 0 unspecified atom stereocenters. The predicted octanol–water partition coefficient (Wildman–Crippen LogP) is 4.00. The molecule has 0 radical (unpaired) electrons. The number of nitrogens with zero attached hydrogens (tertiary/aromatic N) is 1. The van der Waals surface area contributed by atoms with Crippen molar-refractivity contribution in [3.05, 3.63) is 75.6 Å². The topological polar surface area (TPSA) is 37.4 Å². The first-order chi connectivity index (χ1) is 11.9. The molecule has 0 N–H and O–H groups in total. The van der Waals surface area contributed by atoms with Crippen molar-refractivity contribution in [1.82, 2.24) is 4.90 Å².